The Kier molecular flexibility index (Phi) is 4.79. The largest absolute Gasteiger partial charge is 0.452 e. The molecule has 0 fully saturated rings. The van der Waals surface area contributed by atoms with E-state index in [4.69, 9.17) is 17.4 Å². The zero-order valence-electron chi connectivity index (χ0n) is 11.6. The zero-order valence-corrected chi connectivity index (χ0v) is 12.3. The van der Waals surface area contributed by atoms with E-state index in [1.807, 2.05) is 0 Å². The number of ether oxygens (including phenoxy) is 1. The summed E-state index contributed by atoms with van der Waals surface area (Å²) in [6.07, 6.45) is 1.97. The van der Waals surface area contributed by atoms with Crippen molar-refractivity contribution in [3.05, 3.63) is 47.5 Å². The van der Waals surface area contributed by atoms with Gasteiger partial charge in [-0.25, -0.2) is 10.2 Å². The highest BCUT2D eigenvalue weighted by atomic mass is 35.5. The maximum absolute atomic E-state index is 12.3. The Morgan fingerprint density at radius 2 is 2.05 bits per heavy atom. The molecule has 2 amide bonds. The van der Waals surface area contributed by atoms with E-state index in [2.05, 4.69) is 20.7 Å². The van der Waals surface area contributed by atoms with Crippen LogP contribution in [0.2, 0.25) is 5.02 Å². The molecule has 0 aliphatic carbocycles. The Morgan fingerprint density at radius 3 is 2.59 bits per heavy atom. The summed E-state index contributed by atoms with van der Waals surface area (Å²) >= 11 is 5.85. The summed E-state index contributed by atoms with van der Waals surface area (Å²) in [6, 6.07) is 5.79. The maximum Gasteiger partial charge on any atom is 0.425 e. The second-order valence-corrected chi connectivity index (χ2v) is 4.67. The maximum atomic E-state index is 12.3. The van der Waals surface area contributed by atoms with E-state index in [9.17, 15) is 9.59 Å². The molecular weight excluding hydrogens is 312 g/mol. The third-order valence-electron chi connectivity index (χ3n) is 2.74. The number of nitrogens with zero attached hydrogens (tertiary/aromatic N) is 3. The van der Waals surface area contributed by atoms with Crippen molar-refractivity contribution in [2.75, 3.05) is 13.0 Å². The van der Waals surface area contributed by atoms with Crippen molar-refractivity contribution < 1.29 is 19.0 Å². The monoisotopic (exact) mass is 325 g/mol. The molecule has 2 aromatic rings. The summed E-state index contributed by atoms with van der Waals surface area (Å²) in [5.41, 5.74) is 4.96. The van der Waals surface area contributed by atoms with Crippen LogP contribution in [0, 0.1) is 0 Å². The number of carbonyl (C=O) groups is 2. The van der Waals surface area contributed by atoms with Gasteiger partial charge in [-0.05, 0) is 12.1 Å². The normalized spacial score (nSPS) is 11.5. The molecule has 4 N–H and O–H groups in total. The number of nitrogens with two attached hydrogens (primary N) is 1. The Labute approximate surface area is 130 Å². The lowest BCUT2D eigenvalue weighted by molar-refractivity contribution is -0.639. The molecule has 1 atom stereocenters. The van der Waals surface area contributed by atoms with Crippen LogP contribution in [-0.4, -0.2) is 28.9 Å². The van der Waals surface area contributed by atoms with Gasteiger partial charge in [0.15, 0.2) is 0 Å². The van der Waals surface area contributed by atoms with Gasteiger partial charge >= 0.3 is 6.09 Å². The number of hydrogen-bond acceptors (Lipinski definition) is 5. The van der Waals surface area contributed by atoms with E-state index in [-0.39, 0.29) is 0 Å². The van der Waals surface area contributed by atoms with Crippen LogP contribution in [0.3, 0.4) is 0 Å². The molecular formula is C12H14ClN6O3+. The third kappa shape index (κ3) is 3.64. The molecule has 1 aromatic carbocycles. The smallest absolute Gasteiger partial charge is 0.425 e. The van der Waals surface area contributed by atoms with E-state index in [0.717, 1.165) is 0 Å². The van der Waals surface area contributed by atoms with Crippen LogP contribution >= 0.6 is 11.6 Å². The SMILES string of the molecule is COC(=O)NNC(=O)C(c1ccc(Cl)cc1)n1c[n+](N)cn1. The van der Waals surface area contributed by atoms with Crippen molar-refractivity contribution >= 4 is 23.6 Å². The number of nitrogens with one attached hydrogen (secondary N) is 2. The lowest BCUT2D eigenvalue weighted by Crippen LogP contribution is -2.46. The van der Waals surface area contributed by atoms with Crippen LogP contribution in [0.5, 0.6) is 0 Å². The summed E-state index contributed by atoms with van der Waals surface area (Å²) < 4.78 is 6.93. The fraction of sp³-hybridized carbons (Fsp3) is 0.167. The summed E-state index contributed by atoms with van der Waals surface area (Å²) in [7, 11) is 1.18. The van der Waals surface area contributed by atoms with Gasteiger partial charge < -0.3 is 4.74 Å². The number of aromatic nitrogens is 3. The summed E-state index contributed by atoms with van der Waals surface area (Å²) in [6.45, 7) is 0. The minimum atomic E-state index is -0.848. The van der Waals surface area contributed by atoms with Gasteiger partial charge in [-0.15, -0.1) is 4.68 Å². The highest BCUT2D eigenvalue weighted by Gasteiger charge is 2.29. The molecule has 0 radical (unpaired) electrons. The van der Waals surface area contributed by atoms with Gasteiger partial charge in [0.1, 0.15) is 0 Å². The number of carbonyl (C=O) groups excluding carboxylic acids is 2. The number of hydrogen-bond donors (Lipinski definition) is 3. The average Bonchev–Trinajstić information content (AvgIpc) is 2.93. The Hall–Kier alpha value is -2.81. The van der Waals surface area contributed by atoms with Crippen LogP contribution in [0.15, 0.2) is 36.9 Å². The first-order valence-electron chi connectivity index (χ1n) is 6.11. The van der Waals surface area contributed by atoms with Crippen LogP contribution in [0.25, 0.3) is 0 Å². The first-order valence-corrected chi connectivity index (χ1v) is 6.49. The highest BCUT2D eigenvalue weighted by Crippen LogP contribution is 2.19. The molecule has 0 saturated heterocycles. The standard InChI is InChI=1S/C12H13ClN6O3/c1-22-12(21)17-16-11(20)10(19-7-18(14)6-15-19)8-2-4-9(13)5-3-8/h2-7,10H,14H2,1H3,(H-,16,17,20,21)/p+1. The van der Waals surface area contributed by atoms with Crippen molar-refractivity contribution in [3.8, 4) is 0 Å². The first-order chi connectivity index (χ1) is 10.5. The zero-order chi connectivity index (χ0) is 16.1. The number of hydrazine groups is 1. The molecule has 0 saturated carbocycles. The van der Waals surface area contributed by atoms with E-state index in [1.165, 1.54) is 29.1 Å². The van der Waals surface area contributed by atoms with Gasteiger partial charge in [-0.3, -0.25) is 16.1 Å². The van der Waals surface area contributed by atoms with Gasteiger partial charge in [0.2, 0.25) is 12.4 Å². The topological polar surface area (TPSA) is 115 Å². The number of amides is 2. The van der Waals surface area contributed by atoms with Gasteiger partial charge in [0.05, 0.1) is 7.11 Å². The van der Waals surface area contributed by atoms with Gasteiger partial charge in [-0.2, -0.15) is 0 Å². The summed E-state index contributed by atoms with van der Waals surface area (Å²) in [4.78, 5) is 23.4. The van der Waals surface area contributed by atoms with E-state index >= 15 is 0 Å². The third-order valence-corrected chi connectivity index (χ3v) is 2.99. The number of benzene rings is 1. The molecule has 10 heteroatoms. The van der Waals surface area contributed by atoms with Crippen LogP contribution in [0.4, 0.5) is 4.79 Å². The van der Waals surface area contributed by atoms with Crippen molar-refractivity contribution in [2.24, 2.45) is 0 Å². The highest BCUT2D eigenvalue weighted by molar-refractivity contribution is 6.30. The number of methoxy groups -OCH3 is 1. The molecule has 0 aliphatic heterocycles. The van der Waals surface area contributed by atoms with Crippen molar-refractivity contribution in [2.45, 2.75) is 6.04 Å². The summed E-state index contributed by atoms with van der Waals surface area (Å²) in [5, 5.41) is 4.53. The van der Waals surface area contributed by atoms with E-state index < -0.39 is 18.0 Å². The Balaban J connectivity index is 2.27. The Morgan fingerprint density at radius 1 is 1.36 bits per heavy atom. The second-order valence-electron chi connectivity index (χ2n) is 4.23. The van der Waals surface area contributed by atoms with Gasteiger partial charge in [-0.1, -0.05) is 28.4 Å². The lowest BCUT2D eigenvalue weighted by atomic mass is 10.1. The molecule has 9 nitrogen and oxygen atoms in total. The molecule has 116 valence electrons. The number of halogens is 1. The summed E-state index contributed by atoms with van der Waals surface area (Å²) in [5.74, 6) is 5.02. The number of nitrogen functional groups attached to an aromatic ring is 1. The van der Waals surface area contributed by atoms with Crippen molar-refractivity contribution in [3.63, 3.8) is 0 Å². The second kappa shape index (κ2) is 6.76. The molecule has 2 rings (SSSR count). The average molecular weight is 326 g/mol. The fourth-order valence-electron chi connectivity index (χ4n) is 1.75. The van der Waals surface area contributed by atoms with Crippen molar-refractivity contribution in [1.29, 1.82) is 0 Å². The molecule has 1 unspecified atom stereocenters. The van der Waals surface area contributed by atoms with Gasteiger partial charge in [0.25, 0.3) is 12.2 Å². The van der Waals surface area contributed by atoms with Crippen LogP contribution < -0.4 is 21.4 Å². The van der Waals surface area contributed by atoms with Crippen LogP contribution in [-0.2, 0) is 9.53 Å². The molecule has 1 heterocycles. The van der Waals surface area contributed by atoms with E-state index in [1.54, 1.807) is 24.3 Å². The lowest BCUT2D eigenvalue weighted by Gasteiger charge is -2.13. The minimum absolute atomic E-state index is 0.531. The minimum Gasteiger partial charge on any atom is -0.452 e. The molecule has 22 heavy (non-hydrogen) atoms. The quantitative estimate of drug-likeness (QED) is 0.400. The van der Waals surface area contributed by atoms with Crippen LogP contribution in [0.1, 0.15) is 11.6 Å². The molecule has 0 bridgehead atoms. The predicted molar refractivity (Wildman–Crippen MR) is 75.8 cm³/mol. The molecule has 1 aromatic heterocycles. The molecule has 0 aliphatic rings. The fourth-order valence-corrected chi connectivity index (χ4v) is 1.88. The van der Waals surface area contributed by atoms with Crippen molar-refractivity contribution in [1.82, 2.24) is 20.6 Å². The van der Waals surface area contributed by atoms with E-state index in [0.29, 0.717) is 10.6 Å². The first kappa shape index (κ1) is 15.6. The number of rotatable bonds is 3. The molecule has 0 spiro atoms. The van der Waals surface area contributed by atoms with Gasteiger partial charge in [0, 0.05) is 15.7 Å². The Bertz CT molecular complexity index is 672. The predicted octanol–water partition coefficient (Wildman–Crippen LogP) is -0.486.